The highest BCUT2D eigenvalue weighted by atomic mass is 35.5. The van der Waals surface area contributed by atoms with Gasteiger partial charge in [0.2, 0.25) is 0 Å². The number of hydrogen-bond acceptors (Lipinski definition) is 3. The molecule has 2 aliphatic rings. The Balaban J connectivity index is 1.36. The van der Waals surface area contributed by atoms with E-state index < -0.39 is 5.97 Å². The number of fused-ring (bicyclic) bond motifs is 1. The Labute approximate surface area is 220 Å². The average Bonchev–Trinajstić information content (AvgIpc) is 3.20. The summed E-state index contributed by atoms with van der Waals surface area (Å²) in [4.78, 5) is 24.1. The van der Waals surface area contributed by atoms with Gasteiger partial charge in [-0.2, -0.15) is 0 Å². The molecule has 1 saturated carbocycles. The lowest BCUT2D eigenvalue weighted by molar-refractivity contribution is 0.0690. The van der Waals surface area contributed by atoms with Crippen molar-refractivity contribution in [2.45, 2.75) is 31.7 Å². The Bertz CT molecular complexity index is 1500. The van der Waals surface area contributed by atoms with Gasteiger partial charge in [0.25, 0.3) is 5.91 Å². The van der Waals surface area contributed by atoms with Crippen LogP contribution < -0.4 is 20.6 Å². The lowest BCUT2D eigenvalue weighted by atomic mass is 9.80. The van der Waals surface area contributed by atoms with Crippen LogP contribution in [0.3, 0.4) is 0 Å². The van der Waals surface area contributed by atoms with Crippen LogP contribution in [0.2, 0.25) is 0 Å². The summed E-state index contributed by atoms with van der Waals surface area (Å²) >= 11 is 6.54. The molecular weight excluding hydrogens is 488 g/mol. The molecule has 2 aromatic carbocycles. The lowest BCUT2D eigenvalue weighted by Gasteiger charge is -2.37. The molecule has 1 fully saturated rings. The van der Waals surface area contributed by atoms with Crippen LogP contribution in [0.25, 0.3) is 23.3 Å². The van der Waals surface area contributed by atoms with E-state index in [2.05, 4.69) is 40.4 Å². The van der Waals surface area contributed by atoms with Crippen LogP contribution in [0.4, 0.5) is 0 Å². The zero-order valence-corrected chi connectivity index (χ0v) is 21.4. The quantitative estimate of drug-likeness (QED) is 0.476. The van der Waals surface area contributed by atoms with Crippen molar-refractivity contribution in [2.24, 2.45) is 5.92 Å². The number of methoxy groups -OCH3 is 1. The van der Waals surface area contributed by atoms with E-state index in [0.29, 0.717) is 12.5 Å². The number of carbonyl (C=O) groups is 2. The molecule has 6 nitrogen and oxygen atoms in total. The van der Waals surface area contributed by atoms with Crippen molar-refractivity contribution in [1.29, 1.82) is 0 Å². The minimum absolute atomic E-state index is 0.0132. The molecule has 37 heavy (non-hydrogen) atoms. The Kier molecular flexibility index (Phi) is 7.19. The van der Waals surface area contributed by atoms with Gasteiger partial charge in [0.05, 0.1) is 23.6 Å². The second kappa shape index (κ2) is 10.7. The number of carboxylic acid groups (broad SMARTS) is 1. The number of aromatic nitrogens is 1. The van der Waals surface area contributed by atoms with E-state index in [1.54, 1.807) is 25.3 Å². The van der Waals surface area contributed by atoms with E-state index in [0.717, 1.165) is 52.9 Å². The minimum Gasteiger partial charge on any atom is -0.497 e. The van der Waals surface area contributed by atoms with E-state index in [-0.39, 0.29) is 23.1 Å². The van der Waals surface area contributed by atoms with Crippen molar-refractivity contribution in [2.75, 3.05) is 13.7 Å². The summed E-state index contributed by atoms with van der Waals surface area (Å²) in [6, 6.07) is 14.7. The molecule has 0 atom stereocenters. The van der Waals surface area contributed by atoms with Gasteiger partial charge in [-0.3, -0.25) is 4.79 Å². The van der Waals surface area contributed by atoms with E-state index >= 15 is 0 Å². The van der Waals surface area contributed by atoms with Crippen LogP contribution in [0.15, 0.2) is 65.8 Å². The number of amides is 1. The summed E-state index contributed by atoms with van der Waals surface area (Å²) in [5.74, 6) is -0.331. The maximum absolute atomic E-state index is 12.7. The number of carboxylic acids is 1. The van der Waals surface area contributed by atoms with Crippen molar-refractivity contribution >= 4 is 35.6 Å². The first-order chi connectivity index (χ1) is 17.9. The molecule has 0 bridgehead atoms. The zero-order chi connectivity index (χ0) is 25.9. The molecule has 0 unspecified atom stereocenters. The number of hydrogen-bond donors (Lipinski definition) is 2. The molecule has 3 aromatic rings. The number of carbonyl (C=O) groups excluding carboxylic acids is 1. The molecule has 2 aliphatic carbocycles. The molecule has 0 spiro atoms. The zero-order valence-electron chi connectivity index (χ0n) is 20.6. The highest BCUT2D eigenvalue weighted by Gasteiger charge is 2.32. The molecule has 190 valence electrons. The van der Waals surface area contributed by atoms with Gasteiger partial charge in [0, 0.05) is 34.6 Å². The Morgan fingerprint density at radius 1 is 1.08 bits per heavy atom. The topological polar surface area (TPSA) is 80.6 Å². The van der Waals surface area contributed by atoms with E-state index in [4.69, 9.17) is 16.3 Å². The summed E-state index contributed by atoms with van der Waals surface area (Å²) in [5, 5.41) is 15.3. The van der Waals surface area contributed by atoms with Crippen molar-refractivity contribution < 1.29 is 19.4 Å². The normalized spacial score (nSPS) is 21.8. The van der Waals surface area contributed by atoms with Gasteiger partial charge in [-0.05, 0) is 67.5 Å². The Morgan fingerprint density at radius 3 is 2.59 bits per heavy atom. The molecule has 0 radical (unpaired) electrons. The molecule has 7 heteroatoms. The van der Waals surface area contributed by atoms with Gasteiger partial charge >= 0.3 is 5.97 Å². The first-order valence-corrected chi connectivity index (χ1v) is 12.9. The third kappa shape index (κ3) is 5.20. The Morgan fingerprint density at radius 2 is 1.84 bits per heavy atom. The SMILES string of the molecule is COc1cccc(-c2cn(C3CC(CNC(=O)c4ccccc4C(=O)O)C3)c3/c2=C\CC/C=C(Cl)\C=3)c1. The van der Waals surface area contributed by atoms with Gasteiger partial charge in [-0.1, -0.05) is 48.0 Å². The Hall–Kier alpha value is -3.77. The van der Waals surface area contributed by atoms with E-state index in [9.17, 15) is 14.7 Å². The first kappa shape index (κ1) is 24.9. The van der Waals surface area contributed by atoms with E-state index in [1.165, 1.54) is 11.3 Å². The monoisotopic (exact) mass is 516 g/mol. The third-order valence-corrected chi connectivity index (χ3v) is 7.44. The maximum atomic E-state index is 12.7. The maximum Gasteiger partial charge on any atom is 0.336 e. The number of nitrogens with one attached hydrogen (secondary N) is 1. The van der Waals surface area contributed by atoms with Crippen molar-refractivity contribution in [3.05, 3.63) is 87.5 Å². The van der Waals surface area contributed by atoms with Gasteiger partial charge in [0.1, 0.15) is 5.75 Å². The average molecular weight is 517 g/mol. The summed E-state index contributed by atoms with van der Waals surface area (Å²) in [5.41, 5.74) is 2.45. The number of benzene rings is 2. The summed E-state index contributed by atoms with van der Waals surface area (Å²) in [6.07, 6.45) is 12.2. The van der Waals surface area contributed by atoms with Crippen molar-refractivity contribution in [3.8, 4) is 16.9 Å². The smallest absolute Gasteiger partial charge is 0.336 e. The molecule has 5 rings (SSSR count). The molecular formula is C30H29ClN2O4. The van der Waals surface area contributed by atoms with Crippen molar-refractivity contribution in [1.82, 2.24) is 9.88 Å². The second-order valence-corrected chi connectivity index (χ2v) is 9.98. The summed E-state index contributed by atoms with van der Waals surface area (Å²) in [6.45, 7) is 0.506. The number of allylic oxidation sites excluding steroid dienone is 2. The fourth-order valence-corrected chi connectivity index (χ4v) is 5.39. The molecule has 1 amide bonds. The van der Waals surface area contributed by atoms with Crippen molar-refractivity contribution in [3.63, 3.8) is 0 Å². The van der Waals surface area contributed by atoms with Gasteiger partial charge < -0.3 is 19.7 Å². The van der Waals surface area contributed by atoms with Crippen LogP contribution >= 0.6 is 11.6 Å². The first-order valence-electron chi connectivity index (χ1n) is 12.5. The van der Waals surface area contributed by atoms with Crippen LogP contribution in [-0.2, 0) is 0 Å². The summed E-state index contributed by atoms with van der Waals surface area (Å²) in [7, 11) is 1.67. The fraction of sp³-hybridized carbons (Fsp3) is 0.267. The van der Waals surface area contributed by atoms with Crippen LogP contribution in [0.5, 0.6) is 5.75 Å². The van der Waals surface area contributed by atoms with Gasteiger partial charge in [-0.15, -0.1) is 0 Å². The summed E-state index contributed by atoms with van der Waals surface area (Å²) < 4.78 is 7.78. The van der Waals surface area contributed by atoms with Crippen LogP contribution in [0, 0.1) is 5.92 Å². The highest BCUT2D eigenvalue weighted by molar-refractivity contribution is 6.34. The number of rotatable bonds is 7. The number of nitrogens with zero attached hydrogens (tertiary/aromatic N) is 1. The van der Waals surface area contributed by atoms with E-state index in [1.807, 2.05) is 18.2 Å². The molecule has 1 heterocycles. The predicted octanol–water partition coefficient (Wildman–Crippen LogP) is 4.72. The molecule has 2 N–H and O–H groups in total. The number of ether oxygens (including phenoxy) is 1. The minimum atomic E-state index is -1.11. The lowest BCUT2D eigenvalue weighted by Crippen LogP contribution is -2.41. The third-order valence-electron chi connectivity index (χ3n) is 7.18. The molecule has 0 saturated heterocycles. The van der Waals surface area contributed by atoms with Gasteiger partial charge in [-0.25, -0.2) is 4.79 Å². The van der Waals surface area contributed by atoms with Crippen LogP contribution in [-0.4, -0.2) is 35.2 Å². The largest absolute Gasteiger partial charge is 0.497 e. The number of halogens is 1. The molecule has 1 aromatic heterocycles. The number of aromatic carboxylic acids is 1. The standard InChI is InChI=1S/C30H29ClN2O4/c1-37-23-9-6-7-20(15-23)27-18-33(28-16-21(31)8-2-3-10-24(27)28)22-13-19(14-22)17-32-29(34)25-11-4-5-12-26(25)30(35)36/h4-12,15-16,18-19,22H,2-3,13-14,17H2,1H3,(H,32,34)(H,35,36)/b21-8+,24-10-,28-16+. The highest BCUT2D eigenvalue weighted by Crippen LogP contribution is 2.37. The fourth-order valence-electron chi connectivity index (χ4n) is 5.18. The van der Waals surface area contributed by atoms with Crippen LogP contribution in [0.1, 0.15) is 52.4 Å². The molecule has 0 aliphatic heterocycles. The predicted molar refractivity (Wildman–Crippen MR) is 145 cm³/mol. The second-order valence-electron chi connectivity index (χ2n) is 9.55. The van der Waals surface area contributed by atoms with Gasteiger partial charge in [0.15, 0.2) is 0 Å².